The number of nitrogens with one attached hydrogen (secondary N) is 2. The lowest BCUT2D eigenvalue weighted by Gasteiger charge is -2.14. The smallest absolute Gasteiger partial charge is 0.254 e. The second-order valence-electron chi connectivity index (χ2n) is 5.24. The number of hydrogen-bond donors (Lipinski definition) is 2. The summed E-state index contributed by atoms with van der Waals surface area (Å²) in [6, 6.07) is 5.67. The van der Waals surface area contributed by atoms with Crippen LogP contribution in [0.15, 0.2) is 33.9 Å². The van der Waals surface area contributed by atoms with Crippen LogP contribution in [0, 0.1) is 6.92 Å². The van der Waals surface area contributed by atoms with Gasteiger partial charge in [-0.25, -0.2) is 4.98 Å². The number of carbonyl (C=O) groups excluding carboxylic acids is 1. The van der Waals surface area contributed by atoms with Crippen LogP contribution in [0.4, 0.5) is 0 Å². The van der Waals surface area contributed by atoms with Gasteiger partial charge in [0.2, 0.25) is 0 Å². The van der Waals surface area contributed by atoms with Gasteiger partial charge in [-0.1, -0.05) is 23.8 Å². The highest BCUT2D eigenvalue weighted by molar-refractivity contribution is 7.98. The maximum Gasteiger partial charge on any atom is 0.254 e. The van der Waals surface area contributed by atoms with Gasteiger partial charge in [-0.2, -0.15) is 0 Å². The molecule has 2 N–H and O–H groups in total. The van der Waals surface area contributed by atoms with Gasteiger partial charge in [0.1, 0.15) is 10.8 Å². The molecule has 0 spiro atoms. The number of hydrogen-bond acceptors (Lipinski definition) is 6. The summed E-state index contributed by atoms with van der Waals surface area (Å²) >= 11 is 1.48. The van der Waals surface area contributed by atoms with E-state index in [-0.39, 0.29) is 11.9 Å². The van der Waals surface area contributed by atoms with Gasteiger partial charge in [-0.05, 0) is 32.5 Å². The SMILES string of the molecule is CCN[C@H](C)CNC(=O)c1cccnc1SCc1cc(C)on1. The first-order valence-electron chi connectivity index (χ1n) is 7.61. The van der Waals surface area contributed by atoms with E-state index >= 15 is 0 Å². The van der Waals surface area contributed by atoms with Crippen LogP contribution in [-0.4, -0.2) is 35.2 Å². The van der Waals surface area contributed by atoms with E-state index in [0.717, 1.165) is 18.0 Å². The Labute approximate surface area is 140 Å². The summed E-state index contributed by atoms with van der Waals surface area (Å²) < 4.78 is 5.05. The normalized spacial score (nSPS) is 12.1. The average molecular weight is 334 g/mol. The second kappa shape index (κ2) is 8.69. The number of rotatable bonds is 8. The summed E-state index contributed by atoms with van der Waals surface area (Å²) in [5.74, 6) is 1.28. The van der Waals surface area contributed by atoms with E-state index in [0.29, 0.717) is 22.9 Å². The van der Waals surface area contributed by atoms with Crippen molar-refractivity contribution in [3.8, 4) is 0 Å². The van der Waals surface area contributed by atoms with E-state index in [1.54, 1.807) is 18.3 Å². The molecule has 6 nitrogen and oxygen atoms in total. The fraction of sp³-hybridized carbons (Fsp3) is 0.438. The van der Waals surface area contributed by atoms with Crippen molar-refractivity contribution in [3.63, 3.8) is 0 Å². The largest absolute Gasteiger partial charge is 0.361 e. The second-order valence-corrected chi connectivity index (χ2v) is 6.21. The zero-order chi connectivity index (χ0) is 16.7. The molecule has 2 heterocycles. The summed E-state index contributed by atoms with van der Waals surface area (Å²) in [5.41, 5.74) is 1.42. The van der Waals surface area contributed by atoms with Gasteiger partial charge in [-0.15, -0.1) is 0 Å². The molecule has 2 aromatic heterocycles. The molecule has 2 aromatic rings. The molecule has 0 saturated carbocycles. The first-order chi connectivity index (χ1) is 11.1. The summed E-state index contributed by atoms with van der Waals surface area (Å²) in [6.45, 7) is 7.39. The Morgan fingerprint density at radius 3 is 3.00 bits per heavy atom. The topological polar surface area (TPSA) is 80.0 Å². The molecule has 0 aliphatic rings. The lowest BCUT2D eigenvalue weighted by Crippen LogP contribution is -2.39. The molecule has 1 atom stereocenters. The number of thioether (sulfide) groups is 1. The lowest BCUT2D eigenvalue weighted by molar-refractivity contribution is 0.0946. The Morgan fingerprint density at radius 2 is 2.30 bits per heavy atom. The maximum atomic E-state index is 12.4. The van der Waals surface area contributed by atoms with Crippen molar-refractivity contribution < 1.29 is 9.32 Å². The Hall–Kier alpha value is -1.86. The minimum absolute atomic E-state index is 0.110. The third-order valence-electron chi connectivity index (χ3n) is 3.17. The van der Waals surface area contributed by atoms with Gasteiger partial charge in [0.25, 0.3) is 5.91 Å². The molecule has 0 saturated heterocycles. The highest BCUT2D eigenvalue weighted by atomic mass is 32.2. The predicted octanol–water partition coefficient (Wildman–Crippen LogP) is 2.40. The van der Waals surface area contributed by atoms with Crippen LogP contribution < -0.4 is 10.6 Å². The highest BCUT2D eigenvalue weighted by Crippen LogP contribution is 2.24. The van der Waals surface area contributed by atoms with Gasteiger partial charge < -0.3 is 15.2 Å². The summed E-state index contributed by atoms with van der Waals surface area (Å²) in [7, 11) is 0. The van der Waals surface area contributed by atoms with Crippen molar-refractivity contribution in [2.45, 2.75) is 37.6 Å². The van der Waals surface area contributed by atoms with E-state index in [2.05, 4.69) is 20.8 Å². The monoisotopic (exact) mass is 334 g/mol. The fourth-order valence-electron chi connectivity index (χ4n) is 2.07. The van der Waals surface area contributed by atoms with Crippen molar-refractivity contribution in [1.82, 2.24) is 20.8 Å². The number of amides is 1. The number of aromatic nitrogens is 2. The number of pyridine rings is 1. The first kappa shape index (κ1) is 17.5. The number of likely N-dealkylation sites (N-methyl/N-ethyl adjacent to an activating group) is 1. The Bertz CT molecular complexity index is 645. The van der Waals surface area contributed by atoms with E-state index in [9.17, 15) is 4.79 Å². The molecule has 23 heavy (non-hydrogen) atoms. The minimum atomic E-state index is -0.110. The zero-order valence-electron chi connectivity index (χ0n) is 13.6. The predicted molar refractivity (Wildman–Crippen MR) is 90.5 cm³/mol. The molecular weight excluding hydrogens is 312 g/mol. The van der Waals surface area contributed by atoms with Gasteiger partial charge in [0.15, 0.2) is 0 Å². The van der Waals surface area contributed by atoms with Crippen LogP contribution in [0.25, 0.3) is 0 Å². The Balaban J connectivity index is 1.97. The Morgan fingerprint density at radius 1 is 1.48 bits per heavy atom. The van der Waals surface area contributed by atoms with Crippen LogP contribution in [0.5, 0.6) is 0 Å². The summed E-state index contributed by atoms with van der Waals surface area (Å²) in [5, 5.41) is 10.8. The van der Waals surface area contributed by atoms with Crippen molar-refractivity contribution in [2.24, 2.45) is 0 Å². The lowest BCUT2D eigenvalue weighted by atomic mass is 10.2. The van der Waals surface area contributed by atoms with Crippen LogP contribution >= 0.6 is 11.8 Å². The maximum absolute atomic E-state index is 12.4. The molecular formula is C16H22N4O2S. The molecule has 0 fully saturated rings. The summed E-state index contributed by atoms with van der Waals surface area (Å²) in [4.78, 5) is 16.7. The number of aryl methyl sites for hydroxylation is 1. The number of nitrogens with zero attached hydrogens (tertiary/aromatic N) is 2. The van der Waals surface area contributed by atoms with Crippen LogP contribution in [0.1, 0.15) is 35.7 Å². The molecule has 1 amide bonds. The highest BCUT2D eigenvalue weighted by Gasteiger charge is 2.14. The standard InChI is InChI=1S/C16H22N4O2S/c1-4-17-11(2)9-19-15(21)14-6-5-7-18-16(14)23-10-13-8-12(3)22-20-13/h5-8,11,17H,4,9-10H2,1-3H3,(H,19,21)/t11-/m1/s1. The average Bonchev–Trinajstić information content (AvgIpc) is 2.97. The van der Waals surface area contributed by atoms with E-state index in [1.165, 1.54) is 11.8 Å². The molecule has 0 aromatic carbocycles. The molecule has 0 radical (unpaired) electrons. The molecule has 7 heteroatoms. The van der Waals surface area contributed by atoms with Gasteiger partial charge in [-0.3, -0.25) is 4.79 Å². The molecule has 0 aliphatic heterocycles. The van der Waals surface area contributed by atoms with Crippen molar-refractivity contribution in [3.05, 3.63) is 41.4 Å². The zero-order valence-corrected chi connectivity index (χ0v) is 14.4. The van der Waals surface area contributed by atoms with Crippen LogP contribution in [-0.2, 0) is 5.75 Å². The van der Waals surface area contributed by atoms with Gasteiger partial charge in [0.05, 0.1) is 11.3 Å². The van der Waals surface area contributed by atoms with Gasteiger partial charge >= 0.3 is 0 Å². The van der Waals surface area contributed by atoms with Crippen molar-refractivity contribution in [2.75, 3.05) is 13.1 Å². The van der Waals surface area contributed by atoms with Gasteiger partial charge in [0, 0.05) is 30.6 Å². The van der Waals surface area contributed by atoms with E-state index in [1.807, 2.05) is 26.8 Å². The summed E-state index contributed by atoms with van der Waals surface area (Å²) in [6.07, 6.45) is 1.69. The molecule has 0 bridgehead atoms. The van der Waals surface area contributed by atoms with E-state index < -0.39 is 0 Å². The fourth-order valence-corrected chi connectivity index (χ4v) is 2.94. The molecule has 124 valence electrons. The van der Waals surface area contributed by atoms with Crippen molar-refractivity contribution in [1.29, 1.82) is 0 Å². The third kappa shape index (κ3) is 5.37. The van der Waals surface area contributed by atoms with Crippen molar-refractivity contribution >= 4 is 17.7 Å². The van der Waals surface area contributed by atoms with Crippen LogP contribution in [0.2, 0.25) is 0 Å². The third-order valence-corrected chi connectivity index (χ3v) is 4.21. The van der Waals surface area contributed by atoms with E-state index in [4.69, 9.17) is 4.52 Å². The molecule has 0 unspecified atom stereocenters. The quantitative estimate of drug-likeness (QED) is 0.722. The molecule has 2 rings (SSSR count). The first-order valence-corrected chi connectivity index (χ1v) is 8.60. The Kier molecular flexibility index (Phi) is 6.61. The van der Waals surface area contributed by atoms with Crippen LogP contribution in [0.3, 0.4) is 0 Å². The molecule has 0 aliphatic carbocycles. The minimum Gasteiger partial charge on any atom is -0.361 e. The number of carbonyl (C=O) groups is 1.